The quantitative estimate of drug-likeness (QED) is 0.422. The zero-order chi connectivity index (χ0) is 17.9. The van der Waals surface area contributed by atoms with Crippen LogP contribution in [0.2, 0.25) is 0 Å². The molecule has 0 bridgehead atoms. The number of hydrogen-bond donors (Lipinski definition) is 5. The van der Waals surface area contributed by atoms with Gasteiger partial charge < -0.3 is 25.5 Å². The van der Waals surface area contributed by atoms with Crippen molar-refractivity contribution in [2.45, 2.75) is 25.4 Å². The molecule has 0 aliphatic rings. The third kappa shape index (κ3) is 4.30. The normalized spacial score (nSPS) is 12.2. The Morgan fingerprint density at radius 2 is 1.83 bits per heavy atom. The van der Waals surface area contributed by atoms with E-state index in [9.17, 15) is 19.2 Å². The van der Waals surface area contributed by atoms with Crippen LogP contribution in [0, 0.1) is 0 Å². The number of benzene rings is 1. The number of aromatic amines is 2. The van der Waals surface area contributed by atoms with Gasteiger partial charge in [-0.05, 0) is 24.1 Å². The van der Waals surface area contributed by atoms with Crippen molar-refractivity contribution in [3.05, 3.63) is 42.9 Å². The van der Waals surface area contributed by atoms with Crippen molar-refractivity contribution < 1.29 is 19.8 Å². The first kappa shape index (κ1) is 17.9. The molecule has 1 heterocycles. The highest BCUT2D eigenvalue weighted by atomic mass is 79.9. The van der Waals surface area contributed by atoms with Gasteiger partial charge in [0.1, 0.15) is 6.04 Å². The van der Waals surface area contributed by atoms with Gasteiger partial charge in [-0.15, -0.1) is 0 Å². The summed E-state index contributed by atoms with van der Waals surface area (Å²) in [6.07, 6.45) is -0.364. The Morgan fingerprint density at radius 1 is 1.17 bits per heavy atom. The molecule has 5 N–H and O–H groups in total. The number of nitrogens with one attached hydrogen (secondary N) is 3. The summed E-state index contributed by atoms with van der Waals surface area (Å²) in [5, 5.41) is 20.6. The second-order valence-electron chi connectivity index (χ2n) is 5.10. The summed E-state index contributed by atoms with van der Waals surface area (Å²) in [6.45, 7) is 0.0640. The highest BCUT2D eigenvalue weighted by molar-refractivity contribution is 9.10. The summed E-state index contributed by atoms with van der Waals surface area (Å²) >= 11 is 3.28. The highest BCUT2D eigenvalue weighted by Gasteiger charge is 2.18. The molecule has 0 spiro atoms. The summed E-state index contributed by atoms with van der Waals surface area (Å²) in [4.78, 5) is 49.6. The van der Waals surface area contributed by atoms with Crippen molar-refractivity contribution in [3.63, 3.8) is 0 Å². The topological polar surface area (TPSA) is 152 Å². The van der Waals surface area contributed by atoms with Crippen molar-refractivity contribution in [1.29, 1.82) is 0 Å². The Kier molecular flexibility index (Phi) is 5.52. The van der Waals surface area contributed by atoms with Crippen LogP contribution in [-0.4, -0.2) is 38.2 Å². The van der Waals surface area contributed by atoms with Crippen molar-refractivity contribution in [2.24, 2.45) is 0 Å². The van der Waals surface area contributed by atoms with E-state index in [-0.39, 0.29) is 19.4 Å². The van der Waals surface area contributed by atoms with Gasteiger partial charge in [0.2, 0.25) is 0 Å². The third-order valence-corrected chi connectivity index (χ3v) is 3.82. The molecule has 2 rings (SSSR count). The number of carboxylic acids is 2. The highest BCUT2D eigenvalue weighted by Crippen LogP contribution is 2.20. The van der Waals surface area contributed by atoms with E-state index in [0.717, 1.165) is 0 Å². The predicted molar refractivity (Wildman–Crippen MR) is 88.0 cm³/mol. The monoisotopic (exact) mass is 399 g/mol. The van der Waals surface area contributed by atoms with E-state index in [0.29, 0.717) is 21.1 Å². The molecule has 0 radical (unpaired) electrons. The average Bonchev–Trinajstić information content (AvgIpc) is 2.48. The van der Waals surface area contributed by atoms with Crippen LogP contribution in [0.3, 0.4) is 0 Å². The fourth-order valence-electron chi connectivity index (χ4n) is 2.21. The zero-order valence-corrected chi connectivity index (χ0v) is 13.8. The Balaban J connectivity index is 2.29. The second-order valence-corrected chi connectivity index (χ2v) is 6.02. The van der Waals surface area contributed by atoms with Crippen LogP contribution >= 0.6 is 15.9 Å². The lowest BCUT2D eigenvalue weighted by Crippen LogP contribution is -2.37. The van der Waals surface area contributed by atoms with E-state index < -0.39 is 29.1 Å². The molecule has 1 aromatic carbocycles. The van der Waals surface area contributed by atoms with Crippen LogP contribution in [0.4, 0.5) is 0 Å². The van der Waals surface area contributed by atoms with Crippen LogP contribution in [0.5, 0.6) is 0 Å². The van der Waals surface area contributed by atoms with Crippen molar-refractivity contribution in [1.82, 2.24) is 15.3 Å². The summed E-state index contributed by atoms with van der Waals surface area (Å²) in [6, 6.07) is 2.22. The van der Waals surface area contributed by atoms with E-state index in [2.05, 4.69) is 31.2 Å². The number of hydrogen-bond acceptors (Lipinski definition) is 5. The van der Waals surface area contributed by atoms with Gasteiger partial charge in [-0.3, -0.25) is 19.2 Å². The Labute approximate surface area is 142 Å². The molecule has 1 atom stereocenters. The summed E-state index contributed by atoms with van der Waals surface area (Å²) in [5.41, 5.74) is -0.286. The molecular formula is C14H14BrN3O6. The largest absolute Gasteiger partial charge is 0.481 e. The number of carbonyl (C=O) groups is 2. The van der Waals surface area contributed by atoms with Gasteiger partial charge in [0, 0.05) is 17.4 Å². The molecule has 0 unspecified atom stereocenters. The lowest BCUT2D eigenvalue weighted by atomic mass is 10.1. The van der Waals surface area contributed by atoms with E-state index >= 15 is 0 Å². The molecule has 0 amide bonds. The van der Waals surface area contributed by atoms with Crippen LogP contribution in [0.25, 0.3) is 11.0 Å². The molecule has 0 fully saturated rings. The second kappa shape index (κ2) is 7.41. The zero-order valence-electron chi connectivity index (χ0n) is 12.3. The van der Waals surface area contributed by atoms with Gasteiger partial charge in [0.15, 0.2) is 0 Å². The summed E-state index contributed by atoms with van der Waals surface area (Å²) < 4.78 is 0.631. The number of halogens is 1. The Morgan fingerprint density at radius 3 is 2.46 bits per heavy atom. The Hall–Kier alpha value is -2.46. The number of carboxylic acid groups (broad SMARTS) is 2. The van der Waals surface area contributed by atoms with E-state index in [1.54, 1.807) is 12.1 Å². The van der Waals surface area contributed by atoms with Gasteiger partial charge in [-0.1, -0.05) is 15.9 Å². The number of aromatic nitrogens is 2. The van der Waals surface area contributed by atoms with Crippen LogP contribution in [0.15, 0.2) is 26.2 Å². The number of aliphatic carboxylic acids is 2. The standard InChI is InChI=1S/C14H14BrN3O6/c15-7-3-6(5-16-8(14(23)24)1-2-10(19)20)11-9(4-7)17-12(21)13(22)18-11/h3-4,8,16H,1-2,5H2,(H,17,21)(H,18,22)(H,19,20)(H,23,24)/t8-/m0/s1. The molecule has 24 heavy (non-hydrogen) atoms. The van der Waals surface area contributed by atoms with Crippen LogP contribution in [0.1, 0.15) is 18.4 Å². The SMILES string of the molecule is O=C(O)CC[C@H](NCc1cc(Br)cc2[nH]c(=O)c(=O)[nH]c12)C(=O)O. The molecule has 9 nitrogen and oxygen atoms in total. The minimum Gasteiger partial charge on any atom is -0.481 e. The first-order chi connectivity index (χ1) is 11.3. The first-order valence-corrected chi connectivity index (χ1v) is 7.70. The van der Waals surface area contributed by atoms with Crippen molar-refractivity contribution in [3.8, 4) is 0 Å². The maximum atomic E-state index is 11.5. The van der Waals surface area contributed by atoms with E-state index in [4.69, 9.17) is 10.2 Å². The van der Waals surface area contributed by atoms with Gasteiger partial charge in [0.25, 0.3) is 0 Å². The molecule has 0 saturated carbocycles. The molecular weight excluding hydrogens is 386 g/mol. The molecule has 1 aromatic heterocycles. The lowest BCUT2D eigenvalue weighted by Gasteiger charge is -2.14. The molecule has 0 aliphatic heterocycles. The third-order valence-electron chi connectivity index (χ3n) is 3.36. The summed E-state index contributed by atoms with van der Waals surface area (Å²) in [5.74, 6) is -2.25. The Bertz CT molecular complexity index is 903. The molecule has 10 heteroatoms. The summed E-state index contributed by atoms with van der Waals surface area (Å²) in [7, 11) is 0. The maximum Gasteiger partial charge on any atom is 0.320 e. The van der Waals surface area contributed by atoms with Gasteiger partial charge in [-0.25, -0.2) is 0 Å². The minimum absolute atomic E-state index is 0.0640. The fourth-order valence-corrected chi connectivity index (χ4v) is 2.72. The van der Waals surface area contributed by atoms with Gasteiger partial charge in [-0.2, -0.15) is 0 Å². The molecule has 0 saturated heterocycles. The smallest absolute Gasteiger partial charge is 0.320 e. The number of rotatable bonds is 7. The predicted octanol–water partition coefficient (Wildman–Crippen LogP) is 0.386. The van der Waals surface area contributed by atoms with Crippen molar-refractivity contribution in [2.75, 3.05) is 0 Å². The number of H-pyrrole nitrogens is 2. The van der Waals surface area contributed by atoms with E-state index in [1.165, 1.54) is 0 Å². The van der Waals surface area contributed by atoms with Gasteiger partial charge >= 0.3 is 23.1 Å². The minimum atomic E-state index is -1.17. The van der Waals surface area contributed by atoms with E-state index in [1.807, 2.05) is 0 Å². The van der Waals surface area contributed by atoms with Gasteiger partial charge in [0.05, 0.1) is 11.0 Å². The fraction of sp³-hybridized carbons (Fsp3) is 0.286. The number of fused-ring (bicyclic) bond motifs is 1. The first-order valence-electron chi connectivity index (χ1n) is 6.90. The molecule has 2 aromatic rings. The maximum absolute atomic E-state index is 11.5. The molecule has 128 valence electrons. The van der Waals surface area contributed by atoms with Crippen molar-refractivity contribution >= 4 is 38.9 Å². The molecule has 0 aliphatic carbocycles. The average molecular weight is 400 g/mol. The van der Waals surface area contributed by atoms with Crippen LogP contribution < -0.4 is 16.4 Å². The lowest BCUT2D eigenvalue weighted by molar-refractivity contribution is -0.140. The van der Waals surface area contributed by atoms with Crippen LogP contribution in [-0.2, 0) is 16.1 Å².